The molecule has 3 amide bonds. The van der Waals surface area contributed by atoms with E-state index in [-0.39, 0.29) is 35.6 Å². The minimum atomic E-state index is -0.347. The number of piperazine rings is 1. The maximum absolute atomic E-state index is 13.5. The van der Waals surface area contributed by atoms with Gasteiger partial charge in [-0.3, -0.25) is 9.36 Å². The molecule has 2 unspecified atom stereocenters. The summed E-state index contributed by atoms with van der Waals surface area (Å²) in [5.74, 6) is 2.02. The zero-order valence-corrected chi connectivity index (χ0v) is 24.6. The first kappa shape index (κ1) is 29.9. The lowest BCUT2D eigenvalue weighted by molar-refractivity contribution is -0.122. The number of benzene rings is 1. The lowest BCUT2D eigenvalue weighted by atomic mass is 10.0. The Balaban J connectivity index is 1.56. The highest BCUT2D eigenvalue weighted by Gasteiger charge is 2.33. The number of rotatable bonds is 11. The molecule has 4 rings (SSSR count). The molecule has 1 fully saturated rings. The number of halogens is 1. The summed E-state index contributed by atoms with van der Waals surface area (Å²) in [6.07, 6.45) is 6.61. The molecule has 12 nitrogen and oxygen atoms in total. The molecule has 0 radical (unpaired) electrons. The lowest BCUT2D eigenvalue weighted by Crippen LogP contribution is -2.58. The molecule has 2 aromatic heterocycles. The molecule has 0 spiro atoms. The van der Waals surface area contributed by atoms with Crippen molar-refractivity contribution < 1.29 is 19.1 Å². The minimum absolute atomic E-state index is 0.142. The third kappa shape index (κ3) is 7.37. The molecule has 0 bridgehead atoms. The number of ether oxygens (including phenoxy) is 2. The molecular formula is C28H37ClN8O4. The van der Waals surface area contributed by atoms with Crippen LogP contribution in [0.1, 0.15) is 44.7 Å². The van der Waals surface area contributed by atoms with Crippen molar-refractivity contribution in [3.8, 4) is 17.4 Å². The van der Waals surface area contributed by atoms with Crippen LogP contribution in [0.3, 0.4) is 0 Å². The van der Waals surface area contributed by atoms with Gasteiger partial charge in [0.2, 0.25) is 11.9 Å². The Bertz CT molecular complexity index is 1320. The Morgan fingerprint density at radius 3 is 2.61 bits per heavy atom. The van der Waals surface area contributed by atoms with Crippen LogP contribution in [-0.2, 0) is 4.79 Å². The van der Waals surface area contributed by atoms with E-state index in [9.17, 15) is 9.59 Å². The molecule has 41 heavy (non-hydrogen) atoms. The lowest BCUT2D eigenvalue weighted by Gasteiger charge is -2.42. The van der Waals surface area contributed by atoms with Crippen molar-refractivity contribution in [2.75, 3.05) is 45.3 Å². The molecule has 2 atom stereocenters. The Morgan fingerprint density at radius 2 is 1.93 bits per heavy atom. The van der Waals surface area contributed by atoms with Crippen LogP contribution in [0.25, 0.3) is 5.95 Å². The molecule has 1 saturated heterocycles. The number of amides is 3. The Hall–Kier alpha value is -4.06. The van der Waals surface area contributed by atoms with Gasteiger partial charge in [-0.15, -0.1) is 0 Å². The number of nitrogens with one attached hydrogen (secondary N) is 2. The monoisotopic (exact) mass is 584 g/mol. The minimum Gasteiger partial charge on any atom is -0.493 e. The summed E-state index contributed by atoms with van der Waals surface area (Å²) in [6, 6.07) is 6.58. The number of aromatic nitrogens is 4. The van der Waals surface area contributed by atoms with Crippen molar-refractivity contribution in [3.05, 3.63) is 53.7 Å². The Kier molecular flexibility index (Phi) is 10.2. The van der Waals surface area contributed by atoms with Gasteiger partial charge < -0.3 is 29.9 Å². The van der Waals surface area contributed by atoms with E-state index in [4.69, 9.17) is 26.1 Å². The van der Waals surface area contributed by atoms with E-state index in [0.29, 0.717) is 55.9 Å². The Labute approximate surface area is 245 Å². The number of hydrogen-bond donors (Lipinski definition) is 2. The summed E-state index contributed by atoms with van der Waals surface area (Å²) in [6.45, 7) is 5.89. The molecule has 2 N–H and O–H groups in total. The molecule has 1 aliphatic heterocycles. The predicted molar refractivity (Wildman–Crippen MR) is 156 cm³/mol. The zero-order valence-electron chi connectivity index (χ0n) is 23.8. The van der Waals surface area contributed by atoms with E-state index in [1.165, 1.54) is 0 Å². The van der Waals surface area contributed by atoms with Crippen LogP contribution in [0.4, 0.5) is 10.6 Å². The maximum Gasteiger partial charge on any atom is 0.317 e. The second-order valence-electron chi connectivity index (χ2n) is 9.69. The van der Waals surface area contributed by atoms with Crippen molar-refractivity contribution in [2.24, 2.45) is 0 Å². The van der Waals surface area contributed by atoms with Crippen LogP contribution in [0.5, 0.6) is 11.5 Å². The van der Waals surface area contributed by atoms with E-state index in [2.05, 4.69) is 20.6 Å². The van der Waals surface area contributed by atoms with Crippen LogP contribution in [0, 0.1) is 0 Å². The van der Waals surface area contributed by atoms with Gasteiger partial charge in [0.25, 0.3) is 0 Å². The highest BCUT2D eigenvalue weighted by atomic mass is 35.5. The van der Waals surface area contributed by atoms with E-state index >= 15 is 0 Å². The number of anilines is 1. The molecule has 1 aromatic carbocycles. The van der Waals surface area contributed by atoms with Gasteiger partial charge in [-0.25, -0.2) is 14.8 Å². The summed E-state index contributed by atoms with van der Waals surface area (Å²) in [5.41, 5.74) is 0.909. The second kappa shape index (κ2) is 14.0. The van der Waals surface area contributed by atoms with Gasteiger partial charge in [-0.2, -0.15) is 4.98 Å². The molecule has 13 heteroatoms. The molecular weight excluding hydrogens is 548 g/mol. The second-order valence-corrected chi connectivity index (χ2v) is 10.1. The average molecular weight is 585 g/mol. The largest absolute Gasteiger partial charge is 0.493 e. The smallest absolute Gasteiger partial charge is 0.317 e. The van der Waals surface area contributed by atoms with E-state index in [0.717, 1.165) is 12.0 Å². The summed E-state index contributed by atoms with van der Waals surface area (Å²) < 4.78 is 12.5. The fourth-order valence-corrected chi connectivity index (χ4v) is 5.03. The van der Waals surface area contributed by atoms with Gasteiger partial charge in [0.1, 0.15) is 17.3 Å². The normalized spacial score (nSPS) is 15.8. The molecule has 0 aliphatic carbocycles. The van der Waals surface area contributed by atoms with Gasteiger partial charge in [0.05, 0.1) is 26.3 Å². The first-order chi connectivity index (χ1) is 19.9. The molecule has 3 heterocycles. The topological polar surface area (TPSA) is 127 Å². The fraction of sp³-hybridized carbons (Fsp3) is 0.464. The highest BCUT2D eigenvalue weighted by Crippen LogP contribution is 2.31. The van der Waals surface area contributed by atoms with Crippen LogP contribution >= 0.6 is 11.6 Å². The third-order valence-electron chi connectivity index (χ3n) is 6.97. The van der Waals surface area contributed by atoms with Gasteiger partial charge in [0, 0.05) is 51.1 Å². The predicted octanol–water partition coefficient (Wildman–Crippen LogP) is 3.60. The third-order valence-corrected chi connectivity index (χ3v) is 7.16. The highest BCUT2D eigenvalue weighted by molar-refractivity contribution is 6.29. The summed E-state index contributed by atoms with van der Waals surface area (Å²) in [4.78, 5) is 43.2. The maximum atomic E-state index is 13.5. The first-order valence-corrected chi connectivity index (χ1v) is 14.1. The van der Waals surface area contributed by atoms with Gasteiger partial charge in [-0.1, -0.05) is 31.5 Å². The fourth-order valence-electron chi connectivity index (χ4n) is 4.85. The van der Waals surface area contributed by atoms with Gasteiger partial charge in [-0.05, 0) is 30.5 Å². The molecule has 1 aliphatic rings. The number of hydrogen-bond acceptors (Lipinski definition) is 8. The molecule has 220 valence electrons. The average Bonchev–Trinajstić information content (AvgIpc) is 3.53. The van der Waals surface area contributed by atoms with Crippen LogP contribution in [0.2, 0.25) is 5.15 Å². The number of carbonyl (C=O) groups excluding carboxylic acids is 2. The van der Waals surface area contributed by atoms with Crippen molar-refractivity contribution in [2.45, 2.75) is 45.2 Å². The number of urea groups is 1. The quantitative estimate of drug-likeness (QED) is 0.327. The number of nitrogens with zero attached hydrogens (tertiary/aromatic N) is 6. The van der Waals surface area contributed by atoms with E-state index < -0.39 is 0 Å². The number of carbonyl (C=O) groups is 2. The van der Waals surface area contributed by atoms with Crippen LogP contribution in [0.15, 0.2) is 43.0 Å². The summed E-state index contributed by atoms with van der Waals surface area (Å²) in [5, 5.41) is 6.37. The summed E-state index contributed by atoms with van der Waals surface area (Å²) in [7, 11) is 3.17. The first-order valence-electron chi connectivity index (χ1n) is 13.7. The van der Waals surface area contributed by atoms with Crippen LogP contribution < -0.4 is 25.0 Å². The van der Waals surface area contributed by atoms with Crippen molar-refractivity contribution in [1.82, 2.24) is 35.1 Å². The molecule has 3 aromatic rings. The number of methoxy groups -OCH3 is 2. The van der Waals surface area contributed by atoms with Crippen LogP contribution in [-0.4, -0.2) is 82.8 Å². The van der Waals surface area contributed by atoms with E-state index in [1.807, 2.05) is 36.9 Å². The van der Waals surface area contributed by atoms with Crippen molar-refractivity contribution in [1.29, 1.82) is 0 Å². The molecule has 0 saturated carbocycles. The van der Waals surface area contributed by atoms with E-state index in [1.54, 1.807) is 48.5 Å². The van der Waals surface area contributed by atoms with Gasteiger partial charge in [0.15, 0.2) is 11.5 Å². The zero-order chi connectivity index (χ0) is 29.4. The SMILES string of the molecule is CCCNC(=O)N1CCN(c2cc(Cl)nc(-n3ccnc3)n2)C(CC(=O)NC(CC)c2ccc(OC)c(OC)c2)C1. The Morgan fingerprint density at radius 1 is 1.12 bits per heavy atom. The summed E-state index contributed by atoms with van der Waals surface area (Å²) >= 11 is 6.39. The van der Waals surface area contributed by atoms with Crippen molar-refractivity contribution in [3.63, 3.8) is 0 Å². The standard InChI is InChI=1S/C28H37ClN8O4/c1-5-9-31-28(39)35-12-13-37(25-16-24(29)33-27(34-25)36-11-10-30-18-36)20(17-35)15-26(38)32-21(6-2)19-7-8-22(40-3)23(14-19)41-4/h7-8,10-11,14,16,18,20-21H,5-6,9,12-13,15,17H2,1-4H3,(H,31,39)(H,32,38). The van der Waals surface area contributed by atoms with Crippen molar-refractivity contribution >= 4 is 29.4 Å². The number of imidazole rings is 1. The van der Waals surface area contributed by atoms with Gasteiger partial charge >= 0.3 is 6.03 Å².